The summed E-state index contributed by atoms with van der Waals surface area (Å²) in [6, 6.07) is 8.23. The Balaban J connectivity index is 1.36. The SMILES string of the molecule is CN1CCN(S(=O)(=O)c2cccc(NC(=O)CCc3nnc(-c4ccsc4)o3)c2)CC1. The summed E-state index contributed by atoms with van der Waals surface area (Å²) in [4.78, 5) is 14.6. The van der Waals surface area contributed by atoms with Crippen LogP contribution >= 0.6 is 11.3 Å². The van der Waals surface area contributed by atoms with Crippen molar-refractivity contribution in [3.8, 4) is 11.5 Å². The Morgan fingerprint density at radius 2 is 2.00 bits per heavy atom. The zero-order valence-electron chi connectivity index (χ0n) is 17.0. The molecule has 164 valence electrons. The smallest absolute Gasteiger partial charge is 0.248 e. The minimum Gasteiger partial charge on any atom is -0.421 e. The van der Waals surface area contributed by atoms with Crippen molar-refractivity contribution in [2.75, 3.05) is 38.5 Å². The van der Waals surface area contributed by atoms with Gasteiger partial charge in [-0.25, -0.2) is 8.42 Å². The molecule has 0 saturated carbocycles. The first-order chi connectivity index (χ1) is 14.9. The number of carbonyl (C=O) groups is 1. The Morgan fingerprint density at radius 3 is 2.74 bits per heavy atom. The number of rotatable bonds is 7. The monoisotopic (exact) mass is 461 g/mol. The highest BCUT2D eigenvalue weighted by Crippen LogP contribution is 2.22. The molecule has 1 aliphatic rings. The van der Waals surface area contributed by atoms with Crippen LogP contribution in [0.3, 0.4) is 0 Å². The van der Waals surface area contributed by atoms with E-state index >= 15 is 0 Å². The number of sulfonamides is 1. The number of hydrogen-bond acceptors (Lipinski definition) is 8. The van der Waals surface area contributed by atoms with Gasteiger partial charge in [0.2, 0.25) is 27.7 Å². The summed E-state index contributed by atoms with van der Waals surface area (Å²) in [5, 5.41) is 14.5. The van der Waals surface area contributed by atoms with Crippen molar-refractivity contribution in [2.24, 2.45) is 0 Å². The Kier molecular flexibility index (Phi) is 6.46. The number of thiophene rings is 1. The second-order valence-electron chi connectivity index (χ2n) is 7.30. The van der Waals surface area contributed by atoms with Crippen LogP contribution in [0.1, 0.15) is 12.3 Å². The van der Waals surface area contributed by atoms with Gasteiger partial charge in [-0.1, -0.05) is 6.07 Å². The molecule has 0 spiro atoms. The number of nitrogens with zero attached hydrogens (tertiary/aromatic N) is 4. The average Bonchev–Trinajstić information content (AvgIpc) is 3.45. The second-order valence-corrected chi connectivity index (χ2v) is 10.0. The van der Waals surface area contributed by atoms with E-state index in [4.69, 9.17) is 4.42 Å². The van der Waals surface area contributed by atoms with Crippen molar-refractivity contribution in [2.45, 2.75) is 17.7 Å². The van der Waals surface area contributed by atoms with Crippen molar-refractivity contribution < 1.29 is 17.6 Å². The predicted molar refractivity (Wildman–Crippen MR) is 117 cm³/mol. The molecule has 1 fully saturated rings. The van der Waals surface area contributed by atoms with Gasteiger partial charge < -0.3 is 14.6 Å². The highest BCUT2D eigenvalue weighted by molar-refractivity contribution is 7.89. The van der Waals surface area contributed by atoms with Crippen molar-refractivity contribution >= 4 is 33.0 Å². The third-order valence-corrected chi connectivity index (χ3v) is 7.60. The largest absolute Gasteiger partial charge is 0.421 e. The molecular formula is C20H23N5O4S2. The summed E-state index contributed by atoms with van der Waals surface area (Å²) in [6.45, 7) is 2.29. The first-order valence-electron chi connectivity index (χ1n) is 9.85. The number of piperazine rings is 1. The van der Waals surface area contributed by atoms with E-state index in [-0.39, 0.29) is 17.2 Å². The average molecular weight is 462 g/mol. The zero-order valence-corrected chi connectivity index (χ0v) is 18.7. The number of nitrogens with one attached hydrogen (secondary N) is 1. The number of carbonyl (C=O) groups excluding carboxylic acids is 1. The Bertz CT molecular complexity index is 1140. The van der Waals surface area contributed by atoms with Gasteiger partial charge in [-0.2, -0.15) is 15.6 Å². The zero-order chi connectivity index (χ0) is 21.8. The quantitative estimate of drug-likeness (QED) is 0.575. The van der Waals surface area contributed by atoms with E-state index in [9.17, 15) is 13.2 Å². The van der Waals surface area contributed by atoms with Crippen molar-refractivity contribution in [1.82, 2.24) is 19.4 Å². The maximum atomic E-state index is 12.9. The van der Waals surface area contributed by atoms with Gasteiger partial charge in [-0.3, -0.25) is 4.79 Å². The van der Waals surface area contributed by atoms with Gasteiger partial charge >= 0.3 is 0 Å². The lowest BCUT2D eigenvalue weighted by atomic mass is 10.2. The highest BCUT2D eigenvalue weighted by atomic mass is 32.2. The molecule has 0 radical (unpaired) electrons. The third-order valence-electron chi connectivity index (χ3n) is 5.02. The minimum atomic E-state index is -3.59. The van der Waals surface area contributed by atoms with Gasteiger partial charge in [0.1, 0.15) is 0 Å². The second kappa shape index (κ2) is 9.27. The molecular weight excluding hydrogens is 438 g/mol. The maximum absolute atomic E-state index is 12.9. The maximum Gasteiger partial charge on any atom is 0.248 e. The normalized spacial score (nSPS) is 15.8. The highest BCUT2D eigenvalue weighted by Gasteiger charge is 2.27. The lowest BCUT2D eigenvalue weighted by molar-refractivity contribution is -0.116. The number of amides is 1. The fourth-order valence-corrected chi connectivity index (χ4v) is 5.31. The molecule has 4 rings (SSSR count). The molecule has 0 unspecified atom stereocenters. The van der Waals surface area contributed by atoms with Crippen LogP contribution in [0, 0.1) is 0 Å². The van der Waals surface area contributed by atoms with Crippen LogP contribution in [0.15, 0.2) is 50.4 Å². The van der Waals surface area contributed by atoms with Crippen LogP contribution in [0.5, 0.6) is 0 Å². The van der Waals surface area contributed by atoms with Crippen molar-refractivity contribution in [3.63, 3.8) is 0 Å². The number of aromatic nitrogens is 2. The van der Waals surface area contributed by atoms with Crippen LogP contribution in [0.2, 0.25) is 0 Å². The predicted octanol–water partition coefficient (Wildman–Crippen LogP) is 2.31. The summed E-state index contributed by atoms with van der Waals surface area (Å²) in [7, 11) is -1.63. The summed E-state index contributed by atoms with van der Waals surface area (Å²) < 4.78 is 32.9. The fourth-order valence-electron chi connectivity index (χ4n) is 3.21. The van der Waals surface area contributed by atoms with Gasteiger partial charge in [0.05, 0.1) is 4.90 Å². The molecule has 2 aromatic heterocycles. The van der Waals surface area contributed by atoms with Crippen LogP contribution in [0.4, 0.5) is 5.69 Å². The molecule has 0 aliphatic carbocycles. The molecule has 1 amide bonds. The van der Waals surface area contributed by atoms with E-state index < -0.39 is 10.0 Å². The molecule has 1 N–H and O–H groups in total. The first kappa shape index (κ1) is 21.6. The van der Waals surface area contributed by atoms with Crippen LogP contribution in [-0.4, -0.2) is 67.0 Å². The standard InChI is InChI=1S/C20H23N5O4S2/c1-24-8-10-25(11-9-24)31(27,28)17-4-2-3-16(13-17)21-18(26)5-6-19-22-23-20(29-19)15-7-12-30-14-15/h2-4,7,12-14H,5-6,8-11H2,1H3,(H,21,26). The molecule has 1 saturated heterocycles. The number of aryl methyl sites for hydroxylation is 1. The summed E-state index contributed by atoms with van der Waals surface area (Å²) in [5.74, 6) is 0.547. The molecule has 31 heavy (non-hydrogen) atoms. The molecule has 9 nitrogen and oxygen atoms in total. The topological polar surface area (TPSA) is 109 Å². The molecule has 3 heterocycles. The summed E-state index contributed by atoms with van der Waals surface area (Å²) in [6.07, 6.45) is 0.433. The van der Waals surface area contributed by atoms with E-state index in [1.165, 1.54) is 21.7 Å². The van der Waals surface area contributed by atoms with E-state index in [1.54, 1.807) is 18.2 Å². The number of anilines is 1. The van der Waals surface area contributed by atoms with Crippen LogP contribution in [0.25, 0.3) is 11.5 Å². The molecule has 0 atom stereocenters. The van der Waals surface area contributed by atoms with E-state index in [0.717, 1.165) is 5.56 Å². The van der Waals surface area contributed by atoms with Gasteiger partial charge in [0.15, 0.2) is 0 Å². The van der Waals surface area contributed by atoms with Gasteiger partial charge in [0, 0.05) is 55.7 Å². The summed E-state index contributed by atoms with van der Waals surface area (Å²) >= 11 is 1.54. The number of likely N-dealkylation sites (N-methyl/N-ethyl adjacent to an activating group) is 1. The summed E-state index contributed by atoms with van der Waals surface area (Å²) in [5.41, 5.74) is 1.29. The molecule has 3 aromatic rings. The van der Waals surface area contributed by atoms with Gasteiger partial charge in [0.25, 0.3) is 0 Å². The third kappa shape index (κ3) is 5.18. The van der Waals surface area contributed by atoms with Crippen molar-refractivity contribution in [3.05, 3.63) is 47.0 Å². The van der Waals surface area contributed by atoms with E-state index in [1.807, 2.05) is 23.9 Å². The number of hydrogen-bond donors (Lipinski definition) is 1. The molecule has 0 bridgehead atoms. The van der Waals surface area contributed by atoms with Gasteiger partial charge in [-0.05, 0) is 36.7 Å². The molecule has 1 aromatic carbocycles. The molecule has 11 heteroatoms. The first-order valence-corrected chi connectivity index (χ1v) is 12.2. The fraction of sp³-hybridized carbons (Fsp3) is 0.350. The molecule has 1 aliphatic heterocycles. The minimum absolute atomic E-state index is 0.140. The Labute approximate surface area is 184 Å². The lowest BCUT2D eigenvalue weighted by Crippen LogP contribution is -2.47. The van der Waals surface area contributed by atoms with Crippen LogP contribution < -0.4 is 5.32 Å². The van der Waals surface area contributed by atoms with Gasteiger partial charge in [-0.15, -0.1) is 10.2 Å². The van der Waals surface area contributed by atoms with Crippen molar-refractivity contribution in [1.29, 1.82) is 0 Å². The van der Waals surface area contributed by atoms with E-state index in [0.29, 0.717) is 50.1 Å². The number of benzene rings is 1. The Morgan fingerprint density at radius 1 is 1.19 bits per heavy atom. The van der Waals surface area contributed by atoms with Crippen LogP contribution in [-0.2, 0) is 21.2 Å². The Hall–Kier alpha value is -2.60. The lowest BCUT2D eigenvalue weighted by Gasteiger charge is -2.31. The van der Waals surface area contributed by atoms with E-state index in [2.05, 4.69) is 20.4 Å².